The van der Waals surface area contributed by atoms with Gasteiger partial charge in [-0.05, 0) is 32.4 Å². The molecule has 0 fully saturated rings. The summed E-state index contributed by atoms with van der Waals surface area (Å²) in [7, 11) is 2.10. The standard InChI is InChI=1S/C16H21ClN4O9/c1-16(2,3)30-15(24)19-8(12(22)27-4)6-10(13(23)28-5)29-11-9(21(25)26)7-18-14(17)20-11/h7-8,10H,6H2,1-5H3,(H,19,24)/t8-,10?/m0/s1. The summed E-state index contributed by atoms with van der Waals surface area (Å²) in [6.07, 6.45) is -2.29. The van der Waals surface area contributed by atoms with Crippen molar-refractivity contribution in [2.45, 2.75) is 44.9 Å². The molecule has 14 heteroatoms. The van der Waals surface area contributed by atoms with E-state index in [-0.39, 0.29) is 5.28 Å². The van der Waals surface area contributed by atoms with E-state index in [2.05, 4.69) is 24.8 Å². The first-order chi connectivity index (χ1) is 13.9. The summed E-state index contributed by atoms with van der Waals surface area (Å²) in [6.45, 7) is 4.83. The van der Waals surface area contributed by atoms with Crippen LogP contribution in [0.3, 0.4) is 0 Å². The number of amides is 1. The van der Waals surface area contributed by atoms with Crippen LogP contribution in [0.4, 0.5) is 10.5 Å². The van der Waals surface area contributed by atoms with Crippen LogP contribution < -0.4 is 10.1 Å². The molecule has 1 rings (SSSR count). The number of nitro groups is 1. The molecule has 1 aromatic rings. The smallest absolute Gasteiger partial charge is 0.408 e. The van der Waals surface area contributed by atoms with Crippen LogP contribution in [0.15, 0.2) is 6.20 Å². The number of hydrogen-bond acceptors (Lipinski definition) is 11. The fourth-order valence-electron chi connectivity index (χ4n) is 2.03. The topological polar surface area (TPSA) is 169 Å². The molecule has 1 N–H and O–H groups in total. The predicted octanol–water partition coefficient (Wildman–Crippen LogP) is 1.41. The van der Waals surface area contributed by atoms with Gasteiger partial charge in [0.2, 0.25) is 5.28 Å². The molecular formula is C16H21ClN4O9. The summed E-state index contributed by atoms with van der Waals surface area (Å²) in [5.74, 6) is -2.55. The van der Waals surface area contributed by atoms with Gasteiger partial charge in [0.05, 0.1) is 19.1 Å². The Morgan fingerprint density at radius 3 is 2.33 bits per heavy atom. The maximum Gasteiger partial charge on any atom is 0.408 e. The Morgan fingerprint density at radius 2 is 1.83 bits per heavy atom. The van der Waals surface area contributed by atoms with Gasteiger partial charge in [-0.1, -0.05) is 0 Å². The van der Waals surface area contributed by atoms with Crippen LogP contribution in [0.5, 0.6) is 5.88 Å². The number of halogens is 1. The second kappa shape index (κ2) is 10.5. The van der Waals surface area contributed by atoms with Crippen molar-refractivity contribution < 1.29 is 38.3 Å². The molecule has 1 aromatic heterocycles. The molecule has 0 aliphatic rings. The zero-order valence-corrected chi connectivity index (χ0v) is 17.6. The molecular weight excluding hydrogens is 428 g/mol. The Labute approximate surface area is 176 Å². The fraction of sp³-hybridized carbons (Fsp3) is 0.562. The number of ether oxygens (including phenoxy) is 4. The van der Waals surface area contributed by atoms with Gasteiger partial charge in [0.1, 0.15) is 17.8 Å². The number of methoxy groups -OCH3 is 2. The molecule has 30 heavy (non-hydrogen) atoms. The summed E-state index contributed by atoms with van der Waals surface area (Å²) in [5.41, 5.74) is -1.54. The van der Waals surface area contributed by atoms with E-state index in [9.17, 15) is 24.5 Å². The van der Waals surface area contributed by atoms with Crippen molar-refractivity contribution in [1.29, 1.82) is 0 Å². The minimum absolute atomic E-state index is 0.379. The molecule has 0 aromatic carbocycles. The van der Waals surface area contributed by atoms with Crippen LogP contribution in [-0.4, -0.2) is 64.9 Å². The van der Waals surface area contributed by atoms with Gasteiger partial charge in [0.15, 0.2) is 6.10 Å². The van der Waals surface area contributed by atoms with Gasteiger partial charge in [0.25, 0.3) is 5.88 Å². The van der Waals surface area contributed by atoms with E-state index in [1.807, 2.05) is 0 Å². The molecule has 0 radical (unpaired) electrons. The Morgan fingerprint density at radius 1 is 1.23 bits per heavy atom. The average molecular weight is 449 g/mol. The maximum atomic E-state index is 12.2. The summed E-state index contributed by atoms with van der Waals surface area (Å²) >= 11 is 5.64. The minimum atomic E-state index is -1.60. The number of carbonyl (C=O) groups excluding carboxylic acids is 3. The van der Waals surface area contributed by atoms with Gasteiger partial charge >= 0.3 is 23.7 Å². The zero-order valence-electron chi connectivity index (χ0n) is 16.8. The Hall–Kier alpha value is -3.22. The van der Waals surface area contributed by atoms with Gasteiger partial charge in [-0.3, -0.25) is 10.1 Å². The molecule has 0 spiro atoms. The van der Waals surface area contributed by atoms with E-state index in [4.69, 9.17) is 21.1 Å². The maximum absolute atomic E-state index is 12.2. The number of carbonyl (C=O) groups is 3. The first kappa shape index (κ1) is 24.8. The molecule has 166 valence electrons. The molecule has 2 atom stereocenters. The fourth-order valence-corrected chi connectivity index (χ4v) is 2.16. The third kappa shape index (κ3) is 7.66. The summed E-state index contributed by atoms with van der Waals surface area (Å²) < 4.78 is 19.6. The molecule has 1 unspecified atom stereocenters. The van der Waals surface area contributed by atoms with Crippen molar-refractivity contribution in [3.05, 3.63) is 21.6 Å². The van der Waals surface area contributed by atoms with Crippen LogP contribution in [0.2, 0.25) is 5.28 Å². The highest BCUT2D eigenvalue weighted by molar-refractivity contribution is 6.28. The van der Waals surface area contributed by atoms with Crippen LogP contribution in [0.1, 0.15) is 27.2 Å². The van der Waals surface area contributed by atoms with E-state index < -0.39 is 58.7 Å². The van der Waals surface area contributed by atoms with E-state index in [1.165, 1.54) is 0 Å². The van der Waals surface area contributed by atoms with Crippen molar-refractivity contribution >= 4 is 35.3 Å². The van der Waals surface area contributed by atoms with Gasteiger partial charge in [0, 0.05) is 6.42 Å². The van der Waals surface area contributed by atoms with E-state index in [1.54, 1.807) is 20.8 Å². The highest BCUT2D eigenvalue weighted by Gasteiger charge is 2.34. The lowest BCUT2D eigenvalue weighted by molar-refractivity contribution is -0.386. The Bertz CT molecular complexity index is 812. The van der Waals surface area contributed by atoms with Gasteiger partial charge in [-0.25, -0.2) is 19.4 Å². The monoisotopic (exact) mass is 448 g/mol. The van der Waals surface area contributed by atoms with Crippen LogP contribution in [-0.2, 0) is 23.8 Å². The second-order valence-corrected chi connectivity index (χ2v) is 7.01. The summed E-state index contributed by atoms with van der Waals surface area (Å²) in [4.78, 5) is 53.6. The molecule has 0 aliphatic heterocycles. The van der Waals surface area contributed by atoms with Crippen LogP contribution >= 0.6 is 11.6 Å². The molecule has 0 saturated heterocycles. The lowest BCUT2D eigenvalue weighted by Crippen LogP contribution is -2.47. The molecule has 0 saturated carbocycles. The van der Waals surface area contributed by atoms with E-state index in [0.717, 1.165) is 20.4 Å². The van der Waals surface area contributed by atoms with Crippen molar-refractivity contribution in [3.63, 3.8) is 0 Å². The number of nitrogens with one attached hydrogen (secondary N) is 1. The number of aromatic nitrogens is 2. The molecule has 0 bridgehead atoms. The third-order valence-corrected chi connectivity index (χ3v) is 3.43. The van der Waals surface area contributed by atoms with Crippen molar-refractivity contribution in [1.82, 2.24) is 15.3 Å². The zero-order chi connectivity index (χ0) is 23.1. The minimum Gasteiger partial charge on any atom is -0.467 e. The van der Waals surface area contributed by atoms with Gasteiger partial charge < -0.3 is 24.3 Å². The van der Waals surface area contributed by atoms with Crippen molar-refractivity contribution in [2.75, 3.05) is 14.2 Å². The number of nitrogens with zero attached hydrogens (tertiary/aromatic N) is 3. The van der Waals surface area contributed by atoms with Crippen LogP contribution in [0, 0.1) is 10.1 Å². The third-order valence-electron chi connectivity index (χ3n) is 3.25. The largest absolute Gasteiger partial charge is 0.467 e. The van der Waals surface area contributed by atoms with E-state index in [0.29, 0.717) is 0 Å². The summed E-state index contributed by atoms with van der Waals surface area (Å²) in [6, 6.07) is -1.41. The van der Waals surface area contributed by atoms with Crippen molar-refractivity contribution in [2.24, 2.45) is 0 Å². The average Bonchev–Trinajstić information content (AvgIpc) is 2.63. The lowest BCUT2D eigenvalue weighted by atomic mass is 10.1. The normalized spacial score (nSPS) is 12.9. The highest BCUT2D eigenvalue weighted by atomic mass is 35.5. The second-order valence-electron chi connectivity index (χ2n) is 6.67. The van der Waals surface area contributed by atoms with Gasteiger partial charge in [-0.2, -0.15) is 4.98 Å². The Balaban J connectivity index is 3.16. The molecule has 1 amide bonds. The van der Waals surface area contributed by atoms with Crippen LogP contribution in [0.25, 0.3) is 0 Å². The van der Waals surface area contributed by atoms with E-state index >= 15 is 0 Å². The highest BCUT2D eigenvalue weighted by Crippen LogP contribution is 2.26. The number of alkyl carbamates (subject to hydrolysis) is 1. The number of esters is 2. The quantitative estimate of drug-likeness (QED) is 0.200. The number of hydrogen-bond donors (Lipinski definition) is 1. The molecule has 1 heterocycles. The SMILES string of the molecule is COC(=O)C(C[C@H](NC(=O)OC(C)(C)C)C(=O)OC)Oc1nc(Cl)ncc1[N+](=O)[O-]. The first-order valence-electron chi connectivity index (χ1n) is 8.36. The predicted molar refractivity (Wildman–Crippen MR) is 99.9 cm³/mol. The molecule has 13 nitrogen and oxygen atoms in total. The first-order valence-corrected chi connectivity index (χ1v) is 8.74. The van der Waals surface area contributed by atoms with Gasteiger partial charge in [-0.15, -0.1) is 0 Å². The Kier molecular flexibility index (Phi) is 8.71. The lowest BCUT2D eigenvalue weighted by Gasteiger charge is -2.24. The van der Waals surface area contributed by atoms with Crippen molar-refractivity contribution in [3.8, 4) is 5.88 Å². The summed E-state index contributed by atoms with van der Waals surface area (Å²) in [5, 5.41) is 13.0. The number of rotatable bonds is 8. The molecule has 0 aliphatic carbocycles.